The molecule has 1 aliphatic heterocycles. The predicted molar refractivity (Wildman–Crippen MR) is 141 cm³/mol. The minimum Gasteiger partial charge on any atom is -0.508 e. The van der Waals surface area contributed by atoms with Crippen LogP contribution in [-0.2, 0) is 0 Å². The van der Waals surface area contributed by atoms with Gasteiger partial charge in [-0.05, 0) is 55.3 Å². The lowest BCUT2D eigenvalue weighted by molar-refractivity contribution is 0.0304. The van der Waals surface area contributed by atoms with Gasteiger partial charge in [0.1, 0.15) is 5.75 Å². The van der Waals surface area contributed by atoms with Crippen LogP contribution in [0.25, 0.3) is 0 Å². The van der Waals surface area contributed by atoms with Gasteiger partial charge in [0, 0.05) is 62.4 Å². The number of hydrogen-bond acceptors (Lipinski definition) is 5. The lowest BCUT2D eigenvalue weighted by Crippen LogP contribution is -2.57. The third-order valence-corrected chi connectivity index (χ3v) is 6.88. The molecule has 1 aliphatic rings. The minimum absolute atomic E-state index is 0.0806. The Hall–Kier alpha value is -3.48. The molecule has 35 heavy (non-hydrogen) atoms. The van der Waals surface area contributed by atoms with Crippen LogP contribution in [-0.4, -0.2) is 64.6 Å². The number of hydrogen-bond donors (Lipinski definition) is 1. The van der Waals surface area contributed by atoms with Gasteiger partial charge in [0.15, 0.2) is 0 Å². The molecule has 2 aromatic carbocycles. The summed E-state index contributed by atoms with van der Waals surface area (Å²) in [5, 5.41) is 10.3. The summed E-state index contributed by atoms with van der Waals surface area (Å²) in [6, 6.07) is 19.3. The van der Waals surface area contributed by atoms with E-state index in [4.69, 9.17) is 0 Å². The minimum atomic E-state index is -0.184. The zero-order chi connectivity index (χ0) is 24.9. The second-order valence-corrected chi connectivity index (χ2v) is 9.29. The Kier molecular flexibility index (Phi) is 7.63. The molecule has 0 spiro atoms. The Balaban J connectivity index is 1.78. The van der Waals surface area contributed by atoms with Crippen LogP contribution in [0, 0.1) is 0 Å². The number of aromatic nitrogens is 1. The monoisotopic (exact) mass is 470 g/mol. The summed E-state index contributed by atoms with van der Waals surface area (Å²) >= 11 is 0. The van der Waals surface area contributed by atoms with E-state index in [9.17, 15) is 9.90 Å². The van der Waals surface area contributed by atoms with Gasteiger partial charge in [-0.2, -0.15) is 0 Å². The maximum atomic E-state index is 13.8. The summed E-state index contributed by atoms with van der Waals surface area (Å²) in [7, 11) is 1.79. The van der Waals surface area contributed by atoms with Gasteiger partial charge < -0.3 is 10.0 Å². The SMILES string of the molecule is C=CCN1C[C@H](C)N([C@H](c2cccc(O)c2)c2ccccc2C(=O)N(C)c2ccncc2)C[C@H]1C. The molecule has 6 nitrogen and oxygen atoms in total. The van der Waals surface area contributed by atoms with Gasteiger partial charge in [0.25, 0.3) is 5.91 Å². The lowest BCUT2D eigenvalue weighted by Gasteiger charge is -2.47. The fourth-order valence-corrected chi connectivity index (χ4v) is 5.05. The van der Waals surface area contributed by atoms with Crippen LogP contribution >= 0.6 is 0 Å². The number of anilines is 1. The van der Waals surface area contributed by atoms with E-state index in [-0.39, 0.29) is 23.7 Å². The molecule has 1 N–H and O–H groups in total. The first-order valence-electron chi connectivity index (χ1n) is 12.1. The highest BCUT2D eigenvalue weighted by molar-refractivity contribution is 6.06. The summed E-state index contributed by atoms with van der Waals surface area (Å²) in [6.45, 7) is 11.0. The number of amides is 1. The lowest BCUT2D eigenvalue weighted by atomic mass is 9.90. The molecule has 3 atom stereocenters. The van der Waals surface area contributed by atoms with Crippen molar-refractivity contribution < 1.29 is 9.90 Å². The summed E-state index contributed by atoms with van der Waals surface area (Å²) in [5.41, 5.74) is 3.33. The van der Waals surface area contributed by atoms with E-state index in [0.717, 1.165) is 36.4 Å². The average Bonchev–Trinajstić information content (AvgIpc) is 2.87. The third kappa shape index (κ3) is 5.29. The topological polar surface area (TPSA) is 59.9 Å². The van der Waals surface area contributed by atoms with Crippen molar-refractivity contribution in [2.24, 2.45) is 0 Å². The van der Waals surface area contributed by atoms with Gasteiger partial charge in [-0.25, -0.2) is 0 Å². The highest BCUT2D eigenvalue weighted by Crippen LogP contribution is 2.36. The number of aromatic hydroxyl groups is 1. The first kappa shape index (κ1) is 24.6. The molecule has 0 saturated carbocycles. The number of benzene rings is 2. The normalized spacial score (nSPS) is 19.7. The maximum absolute atomic E-state index is 13.8. The molecule has 1 saturated heterocycles. The van der Waals surface area contributed by atoms with Gasteiger partial charge in [0.2, 0.25) is 0 Å². The van der Waals surface area contributed by atoms with Gasteiger partial charge in [0.05, 0.1) is 6.04 Å². The molecule has 0 aliphatic carbocycles. The number of nitrogens with zero attached hydrogens (tertiary/aromatic N) is 4. The van der Waals surface area contributed by atoms with Crippen LogP contribution in [0.15, 0.2) is 85.7 Å². The molecule has 182 valence electrons. The molecular formula is C29H34N4O2. The molecule has 4 rings (SSSR count). The number of phenolic OH excluding ortho intramolecular Hbond substituents is 1. The van der Waals surface area contributed by atoms with Crippen molar-refractivity contribution in [3.05, 3.63) is 102 Å². The zero-order valence-electron chi connectivity index (χ0n) is 20.7. The van der Waals surface area contributed by atoms with E-state index in [1.54, 1.807) is 30.4 Å². The first-order valence-corrected chi connectivity index (χ1v) is 12.1. The molecule has 6 heteroatoms. The molecule has 1 amide bonds. The zero-order valence-corrected chi connectivity index (χ0v) is 20.7. The highest BCUT2D eigenvalue weighted by atomic mass is 16.3. The maximum Gasteiger partial charge on any atom is 0.258 e. The number of carbonyl (C=O) groups excluding carboxylic acids is 1. The van der Waals surface area contributed by atoms with E-state index >= 15 is 0 Å². The second kappa shape index (κ2) is 10.8. The van der Waals surface area contributed by atoms with Crippen molar-refractivity contribution in [1.29, 1.82) is 0 Å². The van der Waals surface area contributed by atoms with Gasteiger partial charge in [-0.15, -0.1) is 6.58 Å². The Morgan fingerprint density at radius 2 is 1.86 bits per heavy atom. The van der Waals surface area contributed by atoms with E-state index in [2.05, 4.69) is 35.2 Å². The van der Waals surface area contributed by atoms with Crippen LogP contribution in [0.2, 0.25) is 0 Å². The number of phenols is 1. The third-order valence-electron chi connectivity index (χ3n) is 6.88. The molecule has 1 fully saturated rings. The average molecular weight is 471 g/mol. The van der Waals surface area contributed by atoms with Crippen LogP contribution in [0.1, 0.15) is 41.4 Å². The molecule has 0 radical (unpaired) electrons. The number of rotatable bonds is 7. The molecule has 0 unspecified atom stereocenters. The van der Waals surface area contributed by atoms with Crippen LogP contribution in [0.3, 0.4) is 0 Å². The van der Waals surface area contributed by atoms with Crippen molar-refractivity contribution in [3.63, 3.8) is 0 Å². The van der Waals surface area contributed by atoms with Crippen molar-refractivity contribution in [3.8, 4) is 5.75 Å². The van der Waals surface area contributed by atoms with Crippen molar-refractivity contribution in [1.82, 2.24) is 14.8 Å². The molecular weight excluding hydrogens is 436 g/mol. The van der Waals surface area contributed by atoms with Gasteiger partial charge in [-0.3, -0.25) is 19.6 Å². The molecule has 1 aromatic heterocycles. The summed E-state index contributed by atoms with van der Waals surface area (Å²) in [6.07, 6.45) is 5.33. The van der Waals surface area contributed by atoms with E-state index in [1.165, 1.54) is 0 Å². The fraction of sp³-hybridized carbons (Fsp3) is 0.310. The fourth-order valence-electron chi connectivity index (χ4n) is 5.05. The van der Waals surface area contributed by atoms with E-state index in [1.807, 2.05) is 60.7 Å². The summed E-state index contributed by atoms with van der Waals surface area (Å²) < 4.78 is 0. The van der Waals surface area contributed by atoms with Crippen molar-refractivity contribution in [2.75, 3.05) is 31.6 Å². The first-order chi connectivity index (χ1) is 16.9. The van der Waals surface area contributed by atoms with Gasteiger partial charge >= 0.3 is 0 Å². The Labute approximate surface area is 208 Å². The smallest absolute Gasteiger partial charge is 0.258 e. The molecule has 2 heterocycles. The highest BCUT2D eigenvalue weighted by Gasteiger charge is 2.36. The standard InChI is InChI=1S/C29H34N4O2/c1-5-17-32-19-22(3)33(20-21(32)2)28(23-9-8-10-25(34)18-23)26-11-6-7-12-27(26)29(35)31(4)24-13-15-30-16-14-24/h5-16,18,21-22,28,34H,1,17,19-20H2,2-4H3/t21-,22+,28-/m1/s1. The summed E-state index contributed by atoms with van der Waals surface area (Å²) in [4.78, 5) is 24.4. The number of pyridine rings is 1. The largest absolute Gasteiger partial charge is 0.508 e. The quantitative estimate of drug-likeness (QED) is 0.506. The van der Waals surface area contributed by atoms with E-state index in [0.29, 0.717) is 11.6 Å². The number of carbonyl (C=O) groups is 1. The van der Waals surface area contributed by atoms with Gasteiger partial charge in [-0.1, -0.05) is 36.4 Å². The van der Waals surface area contributed by atoms with Crippen LogP contribution in [0.4, 0.5) is 5.69 Å². The Morgan fingerprint density at radius 3 is 2.57 bits per heavy atom. The van der Waals surface area contributed by atoms with Crippen molar-refractivity contribution in [2.45, 2.75) is 32.0 Å². The van der Waals surface area contributed by atoms with Crippen LogP contribution in [0.5, 0.6) is 5.75 Å². The Morgan fingerprint density at radius 1 is 1.11 bits per heavy atom. The predicted octanol–water partition coefficient (Wildman–Crippen LogP) is 4.73. The molecule has 0 bridgehead atoms. The van der Waals surface area contributed by atoms with E-state index < -0.39 is 0 Å². The summed E-state index contributed by atoms with van der Waals surface area (Å²) in [5.74, 6) is 0.138. The Bertz CT molecular complexity index is 1170. The molecule has 3 aromatic rings. The van der Waals surface area contributed by atoms with Crippen molar-refractivity contribution >= 4 is 11.6 Å². The second-order valence-electron chi connectivity index (χ2n) is 9.29. The number of piperazine rings is 1. The van der Waals surface area contributed by atoms with Crippen LogP contribution < -0.4 is 4.90 Å².